The van der Waals surface area contributed by atoms with E-state index in [0.29, 0.717) is 0 Å². The lowest BCUT2D eigenvalue weighted by molar-refractivity contribution is 0.921. The quantitative estimate of drug-likeness (QED) is 0.530. The van der Waals surface area contributed by atoms with E-state index in [1.165, 1.54) is 17.5 Å². The Morgan fingerprint density at radius 2 is 1.62 bits per heavy atom. The summed E-state index contributed by atoms with van der Waals surface area (Å²) in [5.74, 6) is 0. The van der Waals surface area contributed by atoms with Crippen molar-refractivity contribution in [3.8, 4) is 22.3 Å². The van der Waals surface area contributed by atoms with Crippen molar-refractivity contribution in [2.45, 2.75) is 19.8 Å². The number of nitrogens with zero attached hydrogens (tertiary/aromatic N) is 3. The highest BCUT2D eigenvalue weighted by Gasteiger charge is 2.09. The molecule has 0 aliphatic carbocycles. The molecule has 0 amide bonds. The van der Waals surface area contributed by atoms with E-state index >= 15 is 0 Å². The Morgan fingerprint density at radius 3 is 2.38 bits per heavy atom. The zero-order chi connectivity index (χ0) is 16.4. The number of aromatic nitrogens is 3. The number of benzene rings is 2. The number of rotatable bonds is 4. The van der Waals surface area contributed by atoms with Crippen LogP contribution in [-0.2, 0) is 6.42 Å². The molecule has 4 aromatic rings. The van der Waals surface area contributed by atoms with Crippen molar-refractivity contribution < 1.29 is 0 Å². The molecular weight excluding hydrogens is 294 g/mol. The number of aryl methyl sites for hydroxylation is 1. The summed E-state index contributed by atoms with van der Waals surface area (Å²) in [5.41, 5.74) is 6.69. The second kappa shape index (κ2) is 6.28. The first kappa shape index (κ1) is 14.6. The SMILES string of the molecule is CCCc1ccc(-c2cnc3c(-c4ccccc4)cnn3c2)cc1. The summed E-state index contributed by atoms with van der Waals surface area (Å²) in [7, 11) is 0. The Hall–Kier alpha value is -2.94. The maximum absolute atomic E-state index is 4.65. The molecule has 0 saturated heterocycles. The summed E-state index contributed by atoms with van der Waals surface area (Å²) < 4.78 is 1.86. The van der Waals surface area contributed by atoms with Crippen LogP contribution in [0.3, 0.4) is 0 Å². The van der Waals surface area contributed by atoms with Crippen molar-refractivity contribution in [3.63, 3.8) is 0 Å². The standard InChI is InChI=1S/C21H19N3/c1-2-6-16-9-11-17(12-10-16)19-13-22-21-20(14-23-24(21)15-19)18-7-4-3-5-8-18/h3-5,7-15H,2,6H2,1H3. The second-order valence-corrected chi connectivity index (χ2v) is 5.98. The number of hydrogen-bond donors (Lipinski definition) is 0. The third-order valence-corrected chi connectivity index (χ3v) is 4.27. The third kappa shape index (κ3) is 2.69. The molecule has 3 heteroatoms. The van der Waals surface area contributed by atoms with Gasteiger partial charge in [-0.05, 0) is 23.1 Å². The molecule has 0 saturated carbocycles. The molecule has 0 fully saturated rings. The largest absolute Gasteiger partial charge is 0.236 e. The molecule has 0 bridgehead atoms. The van der Waals surface area contributed by atoms with Crippen molar-refractivity contribution in [2.24, 2.45) is 0 Å². The van der Waals surface area contributed by atoms with Crippen LogP contribution in [0.15, 0.2) is 73.2 Å². The Labute approximate surface area is 141 Å². The van der Waals surface area contributed by atoms with Crippen LogP contribution >= 0.6 is 0 Å². The average molecular weight is 313 g/mol. The topological polar surface area (TPSA) is 30.2 Å². The first-order valence-electron chi connectivity index (χ1n) is 8.33. The minimum atomic E-state index is 0.882. The first-order chi connectivity index (χ1) is 11.8. The summed E-state index contributed by atoms with van der Waals surface area (Å²) in [5, 5.41) is 4.48. The Morgan fingerprint density at radius 1 is 0.833 bits per heavy atom. The number of fused-ring (bicyclic) bond motifs is 1. The van der Waals surface area contributed by atoms with E-state index in [-0.39, 0.29) is 0 Å². The first-order valence-corrected chi connectivity index (χ1v) is 8.33. The highest BCUT2D eigenvalue weighted by Crippen LogP contribution is 2.25. The minimum Gasteiger partial charge on any atom is -0.236 e. The predicted octanol–water partition coefficient (Wildman–Crippen LogP) is 5.02. The summed E-state index contributed by atoms with van der Waals surface area (Å²) in [6.07, 6.45) is 8.15. The van der Waals surface area contributed by atoms with Crippen LogP contribution in [0.1, 0.15) is 18.9 Å². The lowest BCUT2D eigenvalue weighted by Gasteiger charge is -2.05. The molecule has 0 aliphatic rings. The Kier molecular flexibility index (Phi) is 3.83. The number of hydrogen-bond acceptors (Lipinski definition) is 2. The van der Waals surface area contributed by atoms with E-state index in [2.05, 4.69) is 53.4 Å². The molecular formula is C21H19N3. The van der Waals surface area contributed by atoms with Gasteiger partial charge in [0.2, 0.25) is 0 Å². The predicted molar refractivity (Wildman–Crippen MR) is 97.9 cm³/mol. The fourth-order valence-corrected chi connectivity index (χ4v) is 3.00. The van der Waals surface area contributed by atoms with Crippen LogP contribution < -0.4 is 0 Å². The Bertz CT molecular complexity index is 953. The molecule has 0 spiro atoms. The lowest BCUT2D eigenvalue weighted by Crippen LogP contribution is -1.92. The van der Waals surface area contributed by atoms with Gasteiger partial charge >= 0.3 is 0 Å². The molecule has 4 rings (SSSR count). The second-order valence-electron chi connectivity index (χ2n) is 5.98. The van der Waals surface area contributed by atoms with E-state index in [9.17, 15) is 0 Å². The zero-order valence-electron chi connectivity index (χ0n) is 13.7. The van der Waals surface area contributed by atoms with Crippen molar-refractivity contribution >= 4 is 5.65 Å². The fraction of sp³-hybridized carbons (Fsp3) is 0.143. The van der Waals surface area contributed by atoms with Crippen molar-refractivity contribution in [2.75, 3.05) is 0 Å². The van der Waals surface area contributed by atoms with Crippen molar-refractivity contribution in [1.29, 1.82) is 0 Å². The van der Waals surface area contributed by atoms with Crippen LogP contribution in [0.2, 0.25) is 0 Å². The van der Waals surface area contributed by atoms with Gasteiger partial charge < -0.3 is 0 Å². The molecule has 118 valence electrons. The van der Waals surface area contributed by atoms with Gasteiger partial charge in [0.05, 0.1) is 6.20 Å². The molecule has 0 N–H and O–H groups in total. The van der Waals surface area contributed by atoms with Gasteiger partial charge in [-0.3, -0.25) is 0 Å². The highest BCUT2D eigenvalue weighted by atomic mass is 15.2. The van der Waals surface area contributed by atoms with E-state index in [4.69, 9.17) is 0 Å². The lowest BCUT2D eigenvalue weighted by atomic mass is 10.0. The maximum atomic E-state index is 4.65. The van der Waals surface area contributed by atoms with Crippen LogP contribution in [0.4, 0.5) is 0 Å². The third-order valence-electron chi connectivity index (χ3n) is 4.27. The maximum Gasteiger partial charge on any atom is 0.162 e. The van der Waals surface area contributed by atoms with Gasteiger partial charge in [-0.1, -0.05) is 67.9 Å². The van der Waals surface area contributed by atoms with E-state index in [1.807, 2.05) is 41.3 Å². The van der Waals surface area contributed by atoms with Gasteiger partial charge in [0.1, 0.15) is 0 Å². The molecule has 2 heterocycles. The summed E-state index contributed by atoms with van der Waals surface area (Å²) >= 11 is 0. The van der Waals surface area contributed by atoms with Gasteiger partial charge in [-0.15, -0.1) is 0 Å². The summed E-state index contributed by atoms with van der Waals surface area (Å²) in [6, 6.07) is 19.0. The van der Waals surface area contributed by atoms with Crippen molar-refractivity contribution in [3.05, 3.63) is 78.8 Å². The average Bonchev–Trinajstić information content (AvgIpc) is 3.06. The molecule has 0 atom stereocenters. The molecule has 0 unspecified atom stereocenters. The smallest absolute Gasteiger partial charge is 0.162 e. The van der Waals surface area contributed by atoms with E-state index in [1.54, 1.807) is 0 Å². The fourth-order valence-electron chi connectivity index (χ4n) is 3.00. The molecule has 0 radical (unpaired) electrons. The molecule has 2 aromatic heterocycles. The van der Waals surface area contributed by atoms with Gasteiger partial charge in [0, 0.05) is 23.5 Å². The molecule has 24 heavy (non-hydrogen) atoms. The van der Waals surface area contributed by atoms with Gasteiger partial charge in [0.15, 0.2) is 5.65 Å². The normalized spacial score (nSPS) is 11.0. The summed E-state index contributed by atoms with van der Waals surface area (Å²) in [6.45, 7) is 2.20. The highest BCUT2D eigenvalue weighted by molar-refractivity contribution is 5.77. The monoisotopic (exact) mass is 313 g/mol. The minimum absolute atomic E-state index is 0.882. The summed E-state index contributed by atoms with van der Waals surface area (Å²) in [4.78, 5) is 4.65. The van der Waals surface area contributed by atoms with E-state index < -0.39 is 0 Å². The van der Waals surface area contributed by atoms with Gasteiger partial charge in [0.25, 0.3) is 0 Å². The van der Waals surface area contributed by atoms with Crippen LogP contribution in [0.25, 0.3) is 27.9 Å². The van der Waals surface area contributed by atoms with E-state index in [0.717, 1.165) is 28.8 Å². The molecule has 3 nitrogen and oxygen atoms in total. The van der Waals surface area contributed by atoms with Crippen molar-refractivity contribution in [1.82, 2.24) is 14.6 Å². The van der Waals surface area contributed by atoms with Crippen LogP contribution in [-0.4, -0.2) is 14.6 Å². The van der Waals surface area contributed by atoms with Crippen LogP contribution in [0, 0.1) is 0 Å². The van der Waals surface area contributed by atoms with Gasteiger partial charge in [-0.2, -0.15) is 5.10 Å². The molecule has 0 aliphatic heterocycles. The van der Waals surface area contributed by atoms with Gasteiger partial charge in [-0.25, -0.2) is 9.50 Å². The molecule has 2 aromatic carbocycles. The zero-order valence-corrected chi connectivity index (χ0v) is 13.7. The Balaban J connectivity index is 1.72. The van der Waals surface area contributed by atoms with Crippen LogP contribution in [0.5, 0.6) is 0 Å².